The standard InChI is InChI=1S/C10H17NO2/c1-3-5-8-6-7-9(11-8)10(12)13-4-2/h3,8-9,11H,1,4-7H2,2H3/t8?,9-/m1/s1. The lowest BCUT2D eigenvalue weighted by Gasteiger charge is -2.11. The summed E-state index contributed by atoms with van der Waals surface area (Å²) in [6.07, 6.45) is 4.73. The number of rotatable bonds is 4. The summed E-state index contributed by atoms with van der Waals surface area (Å²) in [4.78, 5) is 11.3. The van der Waals surface area contributed by atoms with E-state index in [1.165, 1.54) is 0 Å². The molecule has 1 rings (SSSR count). The van der Waals surface area contributed by atoms with Crippen LogP contribution < -0.4 is 5.32 Å². The Morgan fingerprint density at radius 2 is 2.46 bits per heavy atom. The molecule has 3 heteroatoms. The Morgan fingerprint density at radius 1 is 1.69 bits per heavy atom. The van der Waals surface area contributed by atoms with Crippen LogP contribution in [0.4, 0.5) is 0 Å². The van der Waals surface area contributed by atoms with Crippen molar-refractivity contribution in [2.75, 3.05) is 6.61 Å². The van der Waals surface area contributed by atoms with Gasteiger partial charge >= 0.3 is 5.97 Å². The van der Waals surface area contributed by atoms with Gasteiger partial charge in [-0.3, -0.25) is 4.79 Å². The van der Waals surface area contributed by atoms with E-state index in [-0.39, 0.29) is 12.0 Å². The van der Waals surface area contributed by atoms with Crippen molar-refractivity contribution in [3.05, 3.63) is 12.7 Å². The largest absolute Gasteiger partial charge is 0.465 e. The summed E-state index contributed by atoms with van der Waals surface area (Å²) >= 11 is 0. The summed E-state index contributed by atoms with van der Waals surface area (Å²) in [7, 11) is 0. The van der Waals surface area contributed by atoms with Gasteiger partial charge in [0.25, 0.3) is 0 Å². The van der Waals surface area contributed by atoms with E-state index in [0.29, 0.717) is 12.6 Å². The molecule has 0 spiro atoms. The van der Waals surface area contributed by atoms with Crippen LogP contribution in [0.5, 0.6) is 0 Å². The summed E-state index contributed by atoms with van der Waals surface area (Å²) in [6.45, 7) is 5.96. The Balaban J connectivity index is 2.31. The Hall–Kier alpha value is -0.830. The van der Waals surface area contributed by atoms with Crippen LogP contribution in [0.2, 0.25) is 0 Å². The number of hydrogen-bond donors (Lipinski definition) is 1. The van der Waals surface area contributed by atoms with Crippen molar-refractivity contribution < 1.29 is 9.53 Å². The second-order valence-corrected chi connectivity index (χ2v) is 3.27. The van der Waals surface area contributed by atoms with E-state index >= 15 is 0 Å². The summed E-state index contributed by atoms with van der Waals surface area (Å²) in [5.74, 6) is -0.117. The lowest BCUT2D eigenvalue weighted by Crippen LogP contribution is -2.36. The Labute approximate surface area is 79.2 Å². The molecule has 0 aromatic carbocycles. The third-order valence-corrected chi connectivity index (χ3v) is 2.26. The minimum absolute atomic E-state index is 0.0927. The van der Waals surface area contributed by atoms with Crippen molar-refractivity contribution in [2.45, 2.75) is 38.3 Å². The van der Waals surface area contributed by atoms with Gasteiger partial charge in [0.05, 0.1) is 6.61 Å². The molecule has 0 aromatic rings. The minimum Gasteiger partial charge on any atom is -0.465 e. The number of nitrogens with one attached hydrogen (secondary N) is 1. The van der Waals surface area contributed by atoms with Crippen molar-refractivity contribution in [1.29, 1.82) is 0 Å². The third kappa shape index (κ3) is 2.84. The van der Waals surface area contributed by atoms with Crippen LogP contribution in [0.1, 0.15) is 26.2 Å². The molecule has 0 saturated carbocycles. The van der Waals surface area contributed by atoms with E-state index in [0.717, 1.165) is 19.3 Å². The first-order valence-electron chi connectivity index (χ1n) is 4.81. The smallest absolute Gasteiger partial charge is 0.323 e. The van der Waals surface area contributed by atoms with Crippen LogP contribution in [-0.2, 0) is 9.53 Å². The average Bonchev–Trinajstić information content (AvgIpc) is 2.54. The molecule has 1 aliphatic heterocycles. The first-order valence-corrected chi connectivity index (χ1v) is 4.81. The summed E-state index contributed by atoms with van der Waals surface area (Å²) < 4.78 is 4.92. The normalized spacial score (nSPS) is 27.2. The van der Waals surface area contributed by atoms with Crippen molar-refractivity contribution >= 4 is 5.97 Å². The summed E-state index contributed by atoms with van der Waals surface area (Å²) in [5, 5.41) is 3.23. The van der Waals surface area contributed by atoms with Crippen LogP contribution >= 0.6 is 0 Å². The van der Waals surface area contributed by atoms with Gasteiger partial charge in [-0.05, 0) is 26.2 Å². The molecular formula is C10H17NO2. The van der Waals surface area contributed by atoms with Crippen LogP contribution in [-0.4, -0.2) is 24.7 Å². The molecule has 1 unspecified atom stereocenters. The van der Waals surface area contributed by atoms with Gasteiger partial charge in [-0.2, -0.15) is 0 Å². The molecule has 13 heavy (non-hydrogen) atoms. The topological polar surface area (TPSA) is 38.3 Å². The maximum Gasteiger partial charge on any atom is 0.323 e. The van der Waals surface area contributed by atoms with Crippen molar-refractivity contribution in [3.63, 3.8) is 0 Å². The molecule has 0 amide bonds. The van der Waals surface area contributed by atoms with Gasteiger partial charge in [0.1, 0.15) is 6.04 Å². The quantitative estimate of drug-likeness (QED) is 0.526. The Morgan fingerprint density at radius 3 is 3.08 bits per heavy atom. The lowest BCUT2D eigenvalue weighted by molar-refractivity contribution is -0.145. The highest BCUT2D eigenvalue weighted by Gasteiger charge is 2.28. The molecule has 1 N–H and O–H groups in total. The number of carbonyl (C=O) groups is 1. The SMILES string of the molecule is C=CCC1CC[C@H](C(=O)OCC)N1. The van der Waals surface area contributed by atoms with Gasteiger partial charge < -0.3 is 10.1 Å². The maximum atomic E-state index is 11.3. The van der Waals surface area contributed by atoms with Crippen molar-refractivity contribution in [3.8, 4) is 0 Å². The molecule has 74 valence electrons. The van der Waals surface area contributed by atoms with Crippen LogP contribution in [0, 0.1) is 0 Å². The maximum absolute atomic E-state index is 11.3. The Bertz CT molecular complexity index is 191. The highest BCUT2D eigenvalue weighted by Crippen LogP contribution is 2.16. The molecule has 0 radical (unpaired) electrons. The Kier molecular flexibility index (Phi) is 3.96. The third-order valence-electron chi connectivity index (χ3n) is 2.26. The van der Waals surface area contributed by atoms with Gasteiger partial charge in [-0.15, -0.1) is 6.58 Å². The monoisotopic (exact) mass is 183 g/mol. The van der Waals surface area contributed by atoms with Crippen LogP contribution in [0.25, 0.3) is 0 Å². The molecule has 1 fully saturated rings. The van der Waals surface area contributed by atoms with E-state index in [1.807, 2.05) is 13.0 Å². The second kappa shape index (κ2) is 5.02. The first-order chi connectivity index (χ1) is 6.27. The molecule has 1 saturated heterocycles. The highest BCUT2D eigenvalue weighted by atomic mass is 16.5. The van der Waals surface area contributed by atoms with Gasteiger partial charge in [0.2, 0.25) is 0 Å². The van der Waals surface area contributed by atoms with E-state index < -0.39 is 0 Å². The molecule has 0 aliphatic carbocycles. The highest BCUT2D eigenvalue weighted by molar-refractivity contribution is 5.76. The van der Waals surface area contributed by atoms with E-state index in [4.69, 9.17) is 4.74 Å². The fourth-order valence-corrected chi connectivity index (χ4v) is 1.63. The van der Waals surface area contributed by atoms with Crippen LogP contribution in [0.3, 0.4) is 0 Å². The lowest BCUT2D eigenvalue weighted by atomic mass is 10.1. The van der Waals surface area contributed by atoms with E-state index in [2.05, 4.69) is 11.9 Å². The van der Waals surface area contributed by atoms with Crippen LogP contribution in [0.15, 0.2) is 12.7 Å². The zero-order valence-electron chi connectivity index (χ0n) is 8.08. The van der Waals surface area contributed by atoms with E-state index in [1.54, 1.807) is 0 Å². The zero-order chi connectivity index (χ0) is 9.68. The van der Waals surface area contributed by atoms with Gasteiger partial charge in [0.15, 0.2) is 0 Å². The second-order valence-electron chi connectivity index (χ2n) is 3.27. The predicted octanol–water partition coefficient (Wildman–Crippen LogP) is 1.25. The van der Waals surface area contributed by atoms with Gasteiger partial charge in [0, 0.05) is 6.04 Å². The van der Waals surface area contributed by atoms with Gasteiger partial charge in [-0.1, -0.05) is 6.08 Å². The molecule has 1 heterocycles. The zero-order valence-corrected chi connectivity index (χ0v) is 8.08. The van der Waals surface area contributed by atoms with Crippen molar-refractivity contribution in [2.24, 2.45) is 0 Å². The summed E-state index contributed by atoms with van der Waals surface area (Å²) in [5.41, 5.74) is 0. The number of hydrogen-bond acceptors (Lipinski definition) is 3. The average molecular weight is 183 g/mol. The number of ether oxygens (including phenoxy) is 1. The fraction of sp³-hybridized carbons (Fsp3) is 0.700. The molecular weight excluding hydrogens is 166 g/mol. The fourth-order valence-electron chi connectivity index (χ4n) is 1.63. The molecule has 3 nitrogen and oxygen atoms in total. The summed E-state index contributed by atoms with van der Waals surface area (Å²) in [6, 6.07) is 0.316. The first kappa shape index (κ1) is 10.3. The van der Waals surface area contributed by atoms with Gasteiger partial charge in [-0.25, -0.2) is 0 Å². The minimum atomic E-state index is -0.117. The molecule has 2 atom stereocenters. The molecule has 1 aliphatic rings. The van der Waals surface area contributed by atoms with E-state index in [9.17, 15) is 4.79 Å². The van der Waals surface area contributed by atoms with Crippen molar-refractivity contribution in [1.82, 2.24) is 5.32 Å². The predicted molar refractivity (Wildman–Crippen MR) is 51.4 cm³/mol. The molecule has 0 bridgehead atoms. The molecule has 0 aromatic heterocycles. The number of carbonyl (C=O) groups excluding carboxylic acids is 1. The number of esters is 1.